The molecule has 20 heavy (non-hydrogen) atoms. The number of aliphatic hydroxyl groups is 1. The Balaban J connectivity index is 2.15. The molecule has 0 radical (unpaired) electrons. The lowest BCUT2D eigenvalue weighted by atomic mass is 10.0. The molecule has 4 nitrogen and oxygen atoms in total. The van der Waals surface area contributed by atoms with E-state index in [4.69, 9.17) is 11.6 Å². The zero-order valence-electron chi connectivity index (χ0n) is 11.7. The highest BCUT2D eigenvalue weighted by molar-refractivity contribution is 6.30. The van der Waals surface area contributed by atoms with Crippen LogP contribution in [0.1, 0.15) is 25.5 Å². The van der Waals surface area contributed by atoms with Gasteiger partial charge in [0.05, 0.1) is 25.0 Å². The van der Waals surface area contributed by atoms with E-state index >= 15 is 0 Å². The van der Waals surface area contributed by atoms with Crippen LogP contribution in [0, 0.1) is 0 Å². The van der Waals surface area contributed by atoms with Crippen molar-refractivity contribution >= 4 is 11.6 Å². The number of rotatable bonds is 6. The van der Waals surface area contributed by atoms with E-state index in [2.05, 4.69) is 24.1 Å². The molecule has 0 spiro atoms. The molecule has 0 saturated carbocycles. The molecule has 0 fully saturated rings. The predicted molar refractivity (Wildman–Crippen MR) is 80.7 cm³/mol. The zero-order chi connectivity index (χ0) is 14.5. The van der Waals surface area contributed by atoms with Crippen molar-refractivity contribution in [2.75, 3.05) is 0 Å². The van der Waals surface area contributed by atoms with Crippen molar-refractivity contribution in [3.05, 3.63) is 53.6 Å². The van der Waals surface area contributed by atoms with Crippen LogP contribution in [-0.4, -0.2) is 26.8 Å². The zero-order valence-corrected chi connectivity index (χ0v) is 12.5. The van der Waals surface area contributed by atoms with E-state index in [0.717, 1.165) is 5.56 Å². The van der Waals surface area contributed by atoms with Gasteiger partial charge >= 0.3 is 0 Å². The predicted octanol–water partition coefficient (Wildman–Crippen LogP) is 2.64. The van der Waals surface area contributed by atoms with Crippen molar-refractivity contribution < 1.29 is 5.11 Å². The van der Waals surface area contributed by atoms with Gasteiger partial charge in [0.1, 0.15) is 0 Å². The summed E-state index contributed by atoms with van der Waals surface area (Å²) in [7, 11) is 0. The molecule has 108 valence electrons. The third-order valence-electron chi connectivity index (χ3n) is 3.08. The van der Waals surface area contributed by atoms with E-state index < -0.39 is 6.10 Å². The van der Waals surface area contributed by atoms with Gasteiger partial charge in [-0.05, 0) is 17.7 Å². The standard InChI is InChI=1S/C15H20ClN3O/c1-11(2)18-15(12-3-5-13(16)6-4-12)14(20)9-19-8-7-17-10-19/h3-8,10-11,14-15,18,20H,9H2,1-2H3. The molecule has 0 saturated heterocycles. The molecule has 1 heterocycles. The topological polar surface area (TPSA) is 50.1 Å². The number of benzene rings is 1. The number of hydrogen-bond acceptors (Lipinski definition) is 3. The Bertz CT molecular complexity index is 510. The maximum Gasteiger partial charge on any atom is 0.0946 e. The van der Waals surface area contributed by atoms with Crippen LogP contribution in [0.3, 0.4) is 0 Å². The van der Waals surface area contributed by atoms with Gasteiger partial charge in [-0.3, -0.25) is 0 Å². The lowest BCUT2D eigenvalue weighted by molar-refractivity contribution is 0.105. The van der Waals surface area contributed by atoms with Gasteiger partial charge < -0.3 is 15.0 Å². The summed E-state index contributed by atoms with van der Waals surface area (Å²) in [5.74, 6) is 0. The first-order chi connectivity index (χ1) is 9.56. The number of nitrogens with one attached hydrogen (secondary N) is 1. The van der Waals surface area contributed by atoms with Crippen molar-refractivity contribution in [3.8, 4) is 0 Å². The summed E-state index contributed by atoms with van der Waals surface area (Å²) in [5.41, 5.74) is 1.02. The van der Waals surface area contributed by atoms with Crippen molar-refractivity contribution in [3.63, 3.8) is 0 Å². The second-order valence-corrected chi connectivity index (χ2v) is 5.61. The lowest BCUT2D eigenvalue weighted by Gasteiger charge is -2.27. The van der Waals surface area contributed by atoms with Crippen LogP contribution in [0.4, 0.5) is 0 Å². The van der Waals surface area contributed by atoms with E-state index in [0.29, 0.717) is 11.6 Å². The molecule has 2 unspecified atom stereocenters. The number of nitrogens with zero attached hydrogens (tertiary/aromatic N) is 2. The molecular weight excluding hydrogens is 274 g/mol. The van der Waals surface area contributed by atoms with E-state index in [1.165, 1.54) is 0 Å². The maximum absolute atomic E-state index is 10.5. The van der Waals surface area contributed by atoms with Gasteiger partial charge in [0.2, 0.25) is 0 Å². The molecule has 0 aliphatic heterocycles. The summed E-state index contributed by atoms with van der Waals surface area (Å²) in [4.78, 5) is 3.99. The minimum absolute atomic E-state index is 0.144. The van der Waals surface area contributed by atoms with Crippen LogP contribution in [0.5, 0.6) is 0 Å². The molecule has 2 aromatic rings. The van der Waals surface area contributed by atoms with Crippen LogP contribution < -0.4 is 5.32 Å². The Labute approximate surface area is 124 Å². The Morgan fingerprint density at radius 1 is 1.30 bits per heavy atom. The quantitative estimate of drug-likeness (QED) is 0.861. The van der Waals surface area contributed by atoms with Crippen molar-refractivity contribution in [2.24, 2.45) is 0 Å². The summed E-state index contributed by atoms with van der Waals surface area (Å²) in [6.07, 6.45) is 4.71. The fourth-order valence-electron chi connectivity index (χ4n) is 2.17. The molecule has 0 aliphatic carbocycles. The van der Waals surface area contributed by atoms with Crippen LogP contribution in [-0.2, 0) is 6.54 Å². The summed E-state index contributed by atoms with van der Waals surface area (Å²) >= 11 is 5.92. The van der Waals surface area contributed by atoms with Crippen LogP contribution >= 0.6 is 11.6 Å². The highest BCUT2D eigenvalue weighted by Gasteiger charge is 2.22. The summed E-state index contributed by atoms with van der Waals surface area (Å²) in [6.45, 7) is 4.62. The van der Waals surface area contributed by atoms with Crippen molar-refractivity contribution in [1.82, 2.24) is 14.9 Å². The summed E-state index contributed by atoms with van der Waals surface area (Å²) in [6, 6.07) is 7.70. The number of aromatic nitrogens is 2. The second kappa shape index (κ2) is 6.88. The van der Waals surface area contributed by atoms with Gasteiger partial charge in [-0.15, -0.1) is 0 Å². The fourth-order valence-corrected chi connectivity index (χ4v) is 2.30. The Hall–Kier alpha value is -1.36. The average molecular weight is 294 g/mol. The van der Waals surface area contributed by atoms with Gasteiger partial charge in [0.15, 0.2) is 0 Å². The lowest BCUT2D eigenvalue weighted by Crippen LogP contribution is -2.38. The molecular formula is C15H20ClN3O. The Morgan fingerprint density at radius 2 is 2.00 bits per heavy atom. The van der Waals surface area contributed by atoms with E-state index in [1.54, 1.807) is 12.5 Å². The molecule has 0 bridgehead atoms. The fraction of sp³-hybridized carbons (Fsp3) is 0.400. The van der Waals surface area contributed by atoms with Crippen molar-refractivity contribution in [2.45, 2.75) is 38.6 Å². The highest BCUT2D eigenvalue weighted by Crippen LogP contribution is 2.21. The average Bonchev–Trinajstić information content (AvgIpc) is 2.89. The number of halogens is 1. The van der Waals surface area contributed by atoms with Gasteiger partial charge in [-0.1, -0.05) is 37.6 Å². The van der Waals surface area contributed by atoms with Crippen LogP contribution in [0.25, 0.3) is 0 Å². The smallest absolute Gasteiger partial charge is 0.0946 e. The molecule has 2 N–H and O–H groups in total. The number of hydrogen-bond donors (Lipinski definition) is 2. The van der Waals surface area contributed by atoms with E-state index in [9.17, 15) is 5.11 Å². The normalized spacial score (nSPS) is 14.4. The van der Waals surface area contributed by atoms with Crippen molar-refractivity contribution in [1.29, 1.82) is 0 Å². The van der Waals surface area contributed by atoms with Crippen LogP contribution in [0.15, 0.2) is 43.0 Å². The molecule has 0 amide bonds. The third kappa shape index (κ3) is 4.07. The maximum atomic E-state index is 10.5. The first-order valence-electron chi connectivity index (χ1n) is 6.71. The van der Waals surface area contributed by atoms with Gasteiger partial charge in [-0.25, -0.2) is 4.98 Å². The number of aliphatic hydroxyl groups excluding tert-OH is 1. The minimum atomic E-state index is -0.548. The summed E-state index contributed by atoms with van der Waals surface area (Å²) in [5, 5.41) is 14.6. The van der Waals surface area contributed by atoms with Gasteiger partial charge in [-0.2, -0.15) is 0 Å². The summed E-state index contributed by atoms with van der Waals surface area (Å²) < 4.78 is 1.87. The van der Waals surface area contributed by atoms with E-state index in [1.807, 2.05) is 35.0 Å². The minimum Gasteiger partial charge on any atom is -0.389 e. The third-order valence-corrected chi connectivity index (χ3v) is 3.34. The first-order valence-corrected chi connectivity index (χ1v) is 7.09. The SMILES string of the molecule is CC(C)NC(c1ccc(Cl)cc1)C(O)Cn1ccnc1. The molecule has 0 aliphatic rings. The Morgan fingerprint density at radius 3 is 2.55 bits per heavy atom. The molecule has 5 heteroatoms. The highest BCUT2D eigenvalue weighted by atomic mass is 35.5. The van der Waals surface area contributed by atoms with E-state index in [-0.39, 0.29) is 12.1 Å². The largest absolute Gasteiger partial charge is 0.389 e. The molecule has 2 rings (SSSR count). The second-order valence-electron chi connectivity index (χ2n) is 5.18. The molecule has 2 atom stereocenters. The first kappa shape index (κ1) is 15.0. The Kier molecular flexibility index (Phi) is 5.17. The molecule has 1 aromatic carbocycles. The van der Waals surface area contributed by atoms with Crippen LogP contribution in [0.2, 0.25) is 5.02 Å². The number of imidazole rings is 1. The molecule has 1 aromatic heterocycles. The monoisotopic (exact) mass is 293 g/mol. The van der Waals surface area contributed by atoms with Gasteiger partial charge in [0.25, 0.3) is 0 Å². The van der Waals surface area contributed by atoms with Gasteiger partial charge in [0, 0.05) is 23.5 Å².